The molecule has 0 saturated heterocycles. The highest BCUT2D eigenvalue weighted by atomic mass is 19.1. The summed E-state index contributed by atoms with van der Waals surface area (Å²) in [4.78, 5) is 0. The lowest BCUT2D eigenvalue weighted by molar-refractivity contribution is 0.282. The van der Waals surface area contributed by atoms with Gasteiger partial charge in [0.2, 0.25) is 0 Å². The number of benzene rings is 2. The van der Waals surface area contributed by atoms with Crippen LogP contribution >= 0.6 is 0 Å². The highest BCUT2D eigenvalue weighted by molar-refractivity contribution is 5.65. The molecule has 2 rings (SSSR count). The van der Waals surface area contributed by atoms with Crippen molar-refractivity contribution in [2.24, 2.45) is 0 Å². The van der Waals surface area contributed by atoms with Crippen molar-refractivity contribution in [2.75, 3.05) is 0 Å². The average molecular weight is 246 g/mol. The zero-order valence-electron chi connectivity index (χ0n) is 11.1. The van der Waals surface area contributed by atoms with E-state index in [4.69, 9.17) is 5.11 Å². The molecule has 1 N–H and O–H groups in total. The van der Waals surface area contributed by atoms with Gasteiger partial charge in [0.15, 0.2) is 0 Å². The first-order valence-electron chi connectivity index (χ1n) is 6.17. The quantitative estimate of drug-likeness (QED) is 0.836. The van der Waals surface area contributed by atoms with E-state index in [0.717, 1.165) is 16.7 Å². The molecule has 0 aliphatic carbocycles. The standard InChI is InChI=1S/C14H13FO.C2H6/c1-10-2-7-14(15)13(8-10)12-5-3-11(9-16)4-6-12;1-2/h2-8,16H,9H2,1H3;1-2H3. The zero-order valence-corrected chi connectivity index (χ0v) is 11.1. The third kappa shape index (κ3) is 3.41. The van der Waals surface area contributed by atoms with Gasteiger partial charge in [-0.1, -0.05) is 49.7 Å². The van der Waals surface area contributed by atoms with Crippen molar-refractivity contribution in [1.82, 2.24) is 0 Å². The van der Waals surface area contributed by atoms with Crippen molar-refractivity contribution in [3.63, 3.8) is 0 Å². The predicted molar refractivity (Wildman–Crippen MR) is 73.8 cm³/mol. The molecule has 1 nitrogen and oxygen atoms in total. The van der Waals surface area contributed by atoms with E-state index in [0.29, 0.717) is 5.56 Å². The van der Waals surface area contributed by atoms with Gasteiger partial charge in [-0.15, -0.1) is 0 Å². The van der Waals surface area contributed by atoms with Crippen LogP contribution in [0.3, 0.4) is 0 Å². The van der Waals surface area contributed by atoms with Crippen molar-refractivity contribution in [1.29, 1.82) is 0 Å². The van der Waals surface area contributed by atoms with Gasteiger partial charge in [-0.3, -0.25) is 0 Å². The van der Waals surface area contributed by atoms with Gasteiger partial charge >= 0.3 is 0 Å². The topological polar surface area (TPSA) is 20.2 Å². The molecular formula is C16H19FO. The van der Waals surface area contributed by atoms with E-state index in [9.17, 15) is 4.39 Å². The molecule has 0 bridgehead atoms. The Kier molecular flexibility index (Phi) is 5.53. The van der Waals surface area contributed by atoms with Crippen LogP contribution in [-0.4, -0.2) is 5.11 Å². The van der Waals surface area contributed by atoms with E-state index in [1.54, 1.807) is 18.2 Å². The van der Waals surface area contributed by atoms with Crippen molar-refractivity contribution >= 4 is 0 Å². The first-order chi connectivity index (χ1) is 8.70. The summed E-state index contributed by atoms with van der Waals surface area (Å²) >= 11 is 0. The minimum Gasteiger partial charge on any atom is -0.392 e. The monoisotopic (exact) mass is 246 g/mol. The summed E-state index contributed by atoms with van der Waals surface area (Å²) in [6.07, 6.45) is 0. The molecule has 0 unspecified atom stereocenters. The maximum Gasteiger partial charge on any atom is 0.131 e. The molecule has 0 fully saturated rings. The van der Waals surface area contributed by atoms with Crippen molar-refractivity contribution in [2.45, 2.75) is 27.4 Å². The van der Waals surface area contributed by atoms with Gasteiger partial charge in [-0.05, 0) is 30.2 Å². The van der Waals surface area contributed by atoms with Gasteiger partial charge in [-0.25, -0.2) is 4.39 Å². The van der Waals surface area contributed by atoms with Crippen LogP contribution in [0.2, 0.25) is 0 Å². The summed E-state index contributed by atoms with van der Waals surface area (Å²) < 4.78 is 13.6. The fourth-order valence-corrected chi connectivity index (χ4v) is 1.65. The maximum atomic E-state index is 13.6. The van der Waals surface area contributed by atoms with E-state index in [1.165, 1.54) is 6.07 Å². The van der Waals surface area contributed by atoms with E-state index in [-0.39, 0.29) is 12.4 Å². The highest BCUT2D eigenvalue weighted by Crippen LogP contribution is 2.24. The van der Waals surface area contributed by atoms with Crippen LogP contribution in [0.25, 0.3) is 11.1 Å². The minimum absolute atomic E-state index is 0.0105. The van der Waals surface area contributed by atoms with Gasteiger partial charge in [0.05, 0.1) is 6.61 Å². The SMILES string of the molecule is CC.Cc1ccc(F)c(-c2ccc(CO)cc2)c1. The lowest BCUT2D eigenvalue weighted by Crippen LogP contribution is -1.87. The Labute approximate surface area is 108 Å². The first kappa shape index (κ1) is 14.4. The van der Waals surface area contributed by atoms with E-state index in [1.807, 2.05) is 39.0 Å². The molecule has 0 heterocycles. The van der Waals surface area contributed by atoms with Crippen LogP contribution in [0.1, 0.15) is 25.0 Å². The number of aryl methyl sites for hydroxylation is 1. The summed E-state index contributed by atoms with van der Waals surface area (Å²) in [5.74, 6) is -0.220. The summed E-state index contributed by atoms with van der Waals surface area (Å²) in [6.45, 7) is 5.95. The van der Waals surface area contributed by atoms with Crippen LogP contribution in [0.15, 0.2) is 42.5 Å². The molecule has 0 aromatic heterocycles. The predicted octanol–water partition coefficient (Wildman–Crippen LogP) is 4.32. The smallest absolute Gasteiger partial charge is 0.131 e. The van der Waals surface area contributed by atoms with E-state index in [2.05, 4.69) is 0 Å². The van der Waals surface area contributed by atoms with E-state index >= 15 is 0 Å². The molecule has 0 aliphatic rings. The Hall–Kier alpha value is -1.67. The summed E-state index contributed by atoms with van der Waals surface area (Å²) in [7, 11) is 0. The molecule has 0 saturated carbocycles. The molecule has 0 atom stereocenters. The maximum absolute atomic E-state index is 13.6. The number of halogens is 1. The van der Waals surface area contributed by atoms with Crippen LogP contribution < -0.4 is 0 Å². The van der Waals surface area contributed by atoms with Gasteiger partial charge in [0.1, 0.15) is 5.82 Å². The van der Waals surface area contributed by atoms with Gasteiger partial charge in [0.25, 0.3) is 0 Å². The fraction of sp³-hybridized carbons (Fsp3) is 0.250. The van der Waals surface area contributed by atoms with Crippen LogP contribution in [0.5, 0.6) is 0 Å². The second-order valence-electron chi connectivity index (χ2n) is 3.84. The molecule has 0 radical (unpaired) electrons. The van der Waals surface area contributed by atoms with Gasteiger partial charge < -0.3 is 5.11 Å². The van der Waals surface area contributed by atoms with Crippen molar-refractivity contribution in [3.8, 4) is 11.1 Å². The zero-order chi connectivity index (χ0) is 13.5. The van der Waals surface area contributed by atoms with Gasteiger partial charge in [0, 0.05) is 5.56 Å². The van der Waals surface area contributed by atoms with E-state index < -0.39 is 0 Å². The third-order valence-corrected chi connectivity index (χ3v) is 2.57. The normalized spacial score (nSPS) is 9.61. The van der Waals surface area contributed by atoms with Crippen LogP contribution in [0, 0.1) is 12.7 Å². The number of aliphatic hydroxyl groups excluding tert-OH is 1. The second kappa shape index (κ2) is 6.92. The summed E-state index contributed by atoms with van der Waals surface area (Å²) in [5, 5.41) is 8.92. The fourth-order valence-electron chi connectivity index (χ4n) is 1.65. The number of hydrogen-bond donors (Lipinski definition) is 1. The molecular weight excluding hydrogens is 227 g/mol. The largest absolute Gasteiger partial charge is 0.392 e. The summed E-state index contributed by atoms with van der Waals surface area (Å²) in [5.41, 5.74) is 3.29. The molecule has 0 spiro atoms. The lowest BCUT2D eigenvalue weighted by atomic mass is 10.0. The molecule has 0 aliphatic heterocycles. The Bertz CT molecular complexity index is 489. The summed E-state index contributed by atoms with van der Waals surface area (Å²) in [6, 6.07) is 12.3. The molecule has 2 heteroatoms. The Morgan fingerprint density at radius 2 is 1.61 bits per heavy atom. The molecule has 0 amide bonds. The van der Waals surface area contributed by atoms with Crippen LogP contribution in [-0.2, 0) is 6.61 Å². The highest BCUT2D eigenvalue weighted by Gasteiger charge is 2.04. The number of hydrogen-bond acceptors (Lipinski definition) is 1. The van der Waals surface area contributed by atoms with Crippen LogP contribution in [0.4, 0.5) is 4.39 Å². The Morgan fingerprint density at radius 3 is 2.17 bits per heavy atom. The Morgan fingerprint density at radius 1 is 1.00 bits per heavy atom. The third-order valence-electron chi connectivity index (χ3n) is 2.57. The Balaban J connectivity index is 0.000000771. The lowest BCUT2D eigenvalue weighted by Gasteiger charge is -2.05. The average Bonchev–Trinajstić information content (AvgIpc) is 2.44. The molecule has 96 valence electrons. The number of aliphatic hydroxyl groups is 1. The molecule has 2 aromatic rings. The van der Waals surface area contributed by atoms with Crippen molar-refractivity contribution in [3.05, 3.63) is 59.4 Å². The molecule has 2 aromatic carbocycles. The number of rotatable bonds is 2. The minimum atomic E-state index is -0.220. The van der Waals surface area contributed by atoms with Crippen molar-refractivity contribution < 1.29 is 9.50 Å². The second-order valence-corrected chi connectivity index (χ2v) is 3.84. The molecule has 18 heavy (non-hydrogen) atoms. The first-order valence-corrected chi connectivity index (χ1v) is 6.17. The van der Waals surface area contributed by atoms with Gasteiger partial charge in [-0.2, -0.15) is 0 Å².